The molecule has 0 heterocycles. The van der Waals surface area contributed by atoms with Gasteiger partial charge in [-0.05, 0) is 12.8 Å². The van der Waals surface area contributed by atoms with Crippen molar-refractivity contribution in [3.05, 3.63) is 20.1 Å². The molecule has 1 heteroatoms. The van der Waals surface area contributed by atoms with Gasteiger partial charge in [0.2, 0.25) is 0 Å². The van der Waals surface area contributed by atoms with E-state index in [1.54, 1.807) is 0 Å². The minimum Gasteiger partial charge on any atom is -0.358 e. The third kappa shape index (κ3) is 18.4. The molecule has 0 aliphatic heterocycles. The van der Waals surface area contributed by atoms with Crippen LogP contribution in [0, 0.1) is 7.43 Å². The molecule has 0 atom stereocenters. The third-order valence-electron chi connectivity index (χ3n) is 1.51. The zero-order chi connectivity index (χ0) is 6.95. The van der Waals surface area contributed by atoms with Crippen molar-refractivity contribution in [1.82, 2.24) is 0 Å². The molecule has 0 aromatic carbocycles. The van der Waals surface area contributed by atoms with E-state index in [0.717, 1.165) is 0 Å². The number of allylic oxidation sites excluding steroid dienone is 1. The zero-order valence-electron chi connectivity index (χ0n) is 8.53. The molecule has 0 saturated heterocycles. The van der Waals surface area contributed by atoms with Crippen LogP contribution in [0.5, 0.6) is 0 Å². The second-order valence-corrected chi connectivity index (χ2v) is 2.49. The topological polar surface area (TPSA) is 0 Å². The van der Waals surface area contributed by atoms with E-state index in [2.05, 4.69) is 13.5 Å². The summed E-state index contributed by atoms with van der Waals surface area (Å²) in [5.41, 5.74) is 0. The normalized spacial score (nSPS) is 7.73. The van der Waals surface area contributed by atoms with Gasteiger partial charge >= 0.3 is 51.4 Å². The maximum atomic E-state index is 3.68. The summed E-state index contributed by atoms with van der Waals surface area (Å²) in [6.07, 6.45) is 10.1. The molecule has 0 fully saturated rings. The number of unbranched alkanes of at least 4 members (excludes halogenated alkanes) is 5. The second kappa shape index (κ2) is 17.5. The molecular weight excluding hydrogens is 159 g/mol. The van der Waals surface area contributed by atoms with Crippen LogP contribution in [0.15, 0.2) is 12.7 Å². The van der Waals surface area contributed by atoms with Crippen molar-refractivity contribution in [1.29, 1.82) is 0 Å². The smallest absolute Gasteiger partial charge is 0.358 e. The predicted octanol–water partition coefficient (Wildman–Crippen LogP) is 0.987. The fourth-order valence-electron chi connectivity index (χ4n) is 0.892. The Balaban J connectivity index is -0.000000320. The summed E-state index contributed by atoms with van der Waals surface area (Å²) >= 11 is 0. The standard InChI is InChI=1S/C9H18.CH3.K/c1-3-5-7-9-8-6-4-2;;/h3H,1,4-9H2,2H3;1H3;/q;-1;+1. The quantitative estimate of drug-likeness (QED) is 0.247. The van der Waals surface area contributed by atoms with E-state index in [9.17, 15) is 0 Å². The van der Waals surface area contributed by atoms with Gasteiger partial charge < -0.3 is 7.43 Å². The summed E-state index contributed by atoms with van der Waals surface area (Å²) in [5.74, 6) is 0. The van der Waals surface area contributed by atoms with Gasteiger partial charge in [0.15, 0.2) is 0 Å². The SMILES string of the molecule is C=CCCCCCCC.[CH3-].[K+]. The molecule has 0 aliphatic rings. The minimum atomic E-state index is 0. The van der Waals surface area contributed by atoms with Crippen molar-refractivity contribution in [2.45, 2.75) is 45.4 Å². The van der Waals surface area contributed by atoms with Crippen LogP contribution >= 0.6 is 0 Å². The van der Waals surface area contributed by atoms with E-state index in [-0.39, 0.29) is 58.8 Å². The first-order chi connectivity index (χ1) is 4.41. The number of rotatable bonds is 6. The summed E-state index contributed by atoms with van der Waals surface area (Å²) in [7, 11) is 0. The fraction of sp³-hybridized carbons (Fsp3) is 0.700. The van der Waals surface area contributed by atoms with E-state index in [4.69, 9.17) is 0 Å². The molecule has 62 valence electrons. The Hall–Kier alpha value is 1.38. The maximum absolute atomic E-state index is 3.68. The molecule has 0 spiro atoms. The Morgan fingerprint density at radius 1 is 1.09 bits per heavy atom. The van der Waals surface area contributed by atoms with Crippen molar-refractivity contribution in [2.24, 2.45) is 0 Å². The summed E-state index contributed by atoms with van der Waals surface area (Å²) in [5, 5.41) is 0. The van der Waals surface area contributed by atoms with Crippen LogP contribution in [-0.4, -0.2) is 0 Å². The average molecular weight is 180 g/mol. The third-order valence-corrected chi connectivity index (χ3v) is 1.51. The fourth-order valence-corrected chi connectivity index (χ4v) is 0.892. The Morgan fingerprint density at radius 2 is 1.64 bits per heavy atom. The first-order valence-corrected chi connectivity index (χ1v) is 4.02. The summed E-state index contributed by atoms with van der Waals surface area (Å²) in [6, 6.07) is 0. The first-order valence-electron chi connectivity index (χ1n) is 4.02. The van der Waals surface area contributed by atoms with Crippen molar-refractivity contribution < 1.29 is 51.4 Å². The van der Waals surface area contributed by atoms with Gasteiger partial charge in [0.05, 0.1) is 0 Å². The van der Waals surface area contributed by atoms with Crippen LogP contribution < -0.4 is 51.4 Å². The minimum absolute atomic E-state index is 0. The Morgan fingerprint density at radius 3 is 2.09 bits per heavy atom. The van der Waals surface area contributed by atoms with Gasteiger partial charge in [0.25, 0.3) is 0 Å². The molecule has 0 radical (unpaired) electrons. The Labute approximate surface area is 115 Å². The molecule has 0 amide bonds. The summed E-state index contributed by atoms with van der Waals surface area (Å²) in [6.45, 7) is 5.92. The van der Waals surface area contributed by atoms with E-state index in [1.165, 1.54) is 38.5 Å². The van der Waals surface area contributed by atoms with Crippen LogP contribution in [0.4, 0.5) is 0 Å². The van der Waals surface area contributed by atoms with Crippen LogP contribution in [-0.2, 0) is 0 Å². The second-order valence-electron chi connectivity index (χ2n) is 2.49. The average Bonchev–Trinajstić information content (AvgIpc) is 1.89. The van der Waals surface area contributed by atoms with Crippen molar-refractivity contribution in [3.8, 4) is 0 Å². The van der Waals surface area contributed by atoms with Gasteiger partial charge in [-0.3, -0.25) is 0 Å². The molecule has 0 unspecified atom stereocenters. The van der Waals surface area contributed by atoms with Gasteiger partial charge in [-0.1, -0.05) is 38.7 Å². The number of hydrogen-bond donors (Lipinski definition) is 0. The molecule has 0 rings (SSSR count). The van der Waals surface area contributed by atoms with Crippen LogP contribution in [0.1, 0.15) is 45.4 Å². The monoisotopic (exact) mass is 180 g/mol. The van der Waals surface area contributed by atoms with E-state index >= 15 is 0 Å². The van der Waals surface area contributed by atoms with E-state index in [0.29, 0.717) is 0 Å². The van der Waals surface area contributed by atoms with Crippen molar-refractivity contribution >= 4 is 0 Å². The van der Waals surface area contributed by atoms with Crippen molar-refractivity contribution in [2.75, 3.05) is 0 Å². The molecule has 0 N–H and O–H groups in total. The Bertz CT molecular complexity index is 59.9. The molecule has 0 aromatic rings. The Kier molecular flexibility index (Phi) is 28.9. The molecule has 0 bridgehead atoms. The van der Waals surface area contributed by atoms with Gasteiger partial charge in [0.1, 0.15) is 0 Å². The molecular formula is C10H21K. The molecule has 0 aromatic heterocycles. The predicted molar refractivity (Wildman–Crippen MR) is 50.0 cm³/mol. The van der Waals surface area contributed by atoms with Crippen LogP contribution in [0.3, 0.4) is 0 Å². The van der Waals surface area contributed by atoms with Gasteiger partial charge in [-0.2, -0.15) is 0 Å². The van der Waals surface area contributed by atoms with Crippen molar-refractivity contribution in [3.63, 3.8) is 0 Å². The first kappa shape index (κ1) is 18.2. The zero-order valence-corrected chi connectivity index (χ0v) is 11.7. The molecule has 0 nitrogen and oxygen atoms in total. The van der Waals surface area contributed by atoms with Crippen LogP contribution in [0.2, 0.25) is 0 Å². The molecule has 0 aliphatic carbocycles. The molecule has 11 heavy (non-hydrogen) atoms. The van der Waals surface area contributed by atoms with E-state index < -0.39 is 0 Å². The summed E-state index contributed by atoms with van der Waals surface area (Å²) in [4.78, 5) is 0. The number of hydrogen-bond acceptors (Lipinski definition) is 0. The van der Waals surface area contributed by atoms with E-state index in [1.807, 2.05) is 6.08 Å². The summed E-state index contributed by atoms with van der Waals surface area (Å²) < 4.78 is 0. The van der Waals surface area contributed by atoms with Gasteiger partial charge in [0, 0.05) is 0 Å². The largest absolute Gasteiger partial charge is 1.00 e. The maximum Gasteiger partial charge on any atom is 1.00 e. The molecule has 0 saturated carbocycles. The van der Waals surface area contributed by atoms with Gasteiger partial charge in [-0.15, -0.1) is 6.58 Å². The van der Waals surface area contributed by atoms with Gasteiger partial charge in [-0.25, -0.2) is 0 Å². The van der Waals surface area contributed by atoms with Crippen LogP contribution in [0.25, 0.3) is 0 Å².